The summed E-state index contributed by atoms with van der Waals surface area (Å²) in [6, 6.07) is 5.67. The number of benzene rings is 1. The number of nitrogens with two attached hydrogens (primary N) is 1. The quantitative estimate of drug-likeness (QED) is 0.758. The Bertz CT molecular complexity index is 924. The van der Waals surface area contributed by atoms with E-state index < -0.39 is 6.03 Å². The summed E-state index contributed by atoms with van der Waals surface area (Å²) in [6.45, 7) is 0. The zero-order chi connectivity index (χ0) is 22.0. The van der Waals surface area contributed by atoms with Gasteiger partial charge in [0.25, 0.3) is 0 Å². The maximum atomic E-state index is 13.3. The van der Waals surface area contributed by atoms with E-state index in [9.17, 15) is 9.18 Å². The monoisotopic (exact) mass is 426 g/mol. The van der Waals surface area contributed by atoms with Gasteiger partial charge in [0.2, 0.25) is 5.95 Å². The van der Waals surface area contributed by atoms with Crippen LogP contribution in [0.25, 0.3) is 0 Å². The van der Waals surface area contributed by atoms with Gasteiger partial charge >= 0.3 is 6.03 Å². The number of anilines is 3. The van der Waals surface area contributed by atoms with Crippen LogP contribution in [0, 0.1) is 5.82 Å². The maximum Gasteiger partial charge on any atom is 0.319 e. The summed E-state index contributed by atoms with van der Waals surface area (Å²) in [6.07, 6.45) is 7.80. The van der Waals surface area contributed by atoms with E-state index in [0.29, 0.717) is 11.6 Å². The van der Waals surface area contributed by atoms with Crippen LogP contribution in [0.15, 0.2) is 24.3 Å². The van der Waals surface area contributed by atoms with Gasteiger partial charge in [0.1, 0.15) is 11.6 Å². The highest BCUT2D eigenvalue weighted by atomic mass is 19.1. The number of carbonyl (C=O) groups is 1. The third-order valence-corrected chi connectivity index (χ3v) is 6.32. The molecule has 0 saturated heterocycles. The molecule has 1 fully saturated rings. The number of hydrogen-bond acceptors (Lipinski definition) is 5. The van der Waals surface area contributed by atoms with Crippen molar-refractivity contribution in [2.75, 3.05) is 29.2 Å². The third-order valence-electron chi connectivity index (χ3n) is 6.32. The zero-order valence-electron chi connectivity index (χ0n) is 18.3. The number of rotatable bonds is 5. The van der Waals surface area contributed by atoms with Gasteiger partial charge in [-0.15, -0.1) is 0 Å². The van der Waals surface area contributed by atoms with Crippen molar-refractivity contribution in [3.8, 4) is 0 Å². The number of urea groups is 1. The van der Waals surface area contributed by atoms with E-state index in [4.69, 9.17) is 15.7 Å². The standard InChI is InChI=1S/C23H31FN6O/c1-29(2)21-19-5-3-4-6-20(19)27-23(28-21)26-16-9-13-18(14-10-16)30(22(25)31)17-11-7-15(24)8-12-17/h7-8,11-12,16,18H,3-6,9-10,13-14H2,1-2H3,(H2,25,31)(H,26,27,28)/t16-,18+. The Balaban J connectivity index is 1.44. The smallest absolute Gasteiger partial charge is 0.319 e. The summed E-state index contributed by atoms with van der Waals surface area (Å²) in [5.41, 5.74) is 8.74. The van der Waals surface area contributed by atoms with E-state index >= 15 is 0 Å². The largest absolute Gasteiger partial charge is 0.362 e. The van der Waals surface area contributed by atoms with Crippen LogP contribution in [0.4, 0.5) is 26.6 Å². The Morgan fingerprint density at radius 2 is 1.74 bits per heavy atom. The topological polar surface area (TPSA) is 87.4 Å². The lowest BCUT2D eigenvalue weighted by molar-refractivity contribution is 0.248. The van der Waals surface area contributed by atoms with E-state index in [1.165, 1.54) is 30.5 Å². The molecule has 2 aromatic rings. The number of primary amides is 1. The minimum atomic E-state index is -0.503. The molecule has 1 aromatic heterocycles. The van der Waals surface area contributed by atoms with Crippen molar-refractivity contribution in [2.24, 2.45) is 5.73 Å². The van der Waals surface area contributed by atoms with Crippen molar-refractivity contribution in [3.05, 3.63) is 41.3 Å². The molecule has 0 atom stereocenters. The number of amides is 2. The van der Waals surface area contributed by atoms with Gasteiger partial charge in [0.15, 0.2) is 0 Å². The summed E-state index contributed by atoms with van der Waals surface area (Å²) in [4.78, 5) is 25.4. The van der Waals surface area contributed by atoms with Crippen LogP contribution in [-0.4, -0.2) is 42.2 Å². The van der Waals surface area contributed by atoms with Crippen molar-refractivity contribution in [1.29, 1.82) is 0 Å². The second-order valence-corrected chi connectivity index (χ2v) is 8.73. The first-order valence-corrected chi connectivity index (χ1v) is 11.1. The van der Waals surface area contributed by atoms with E-state index in [-0.39, 0.29) is 17.9 Å². The lowest BCUT2D eigenvalue weighted by Crippen LogP contribution is -2.46. The predicted molar refractivity (Wildman–Crippen MR) is 121 cm³/mol. The van der Waals surface area contributed by atoms with Gasteiger partial charge in [0, 0.05) is 37.4 Å². The number of halogens is 1. The molecule has 2 aliphatic rings. The van der Waals surface area contributed by atoms with Gasteiger partial charge < -0.3 is 16.0 Å². The minimum absolute atomic E-state index is 0.00259. The lowest BCUT2D eigenvalue weighted by atomic mass is 9.90. The molecule has 1 heterocycles. The summed E-state index contributed by atoms with van der Waals surface area (Å²) < 4.78 is 13.3. The average Bonchev–Trinajstić information content (AvgIpc) is 2.75. The van der Waals surface area contributed by atoms with E-state index in [2.05, 4.69) is 10.2 Å². The fraction of sp³-hybridized carbons (Fsp3) is 0.522. The number of carbonyl (C=O) groups excluding carboxylic acids is 1. The van der Waals surface area contributed by atoms with E-state index in [1.807, 2.05) is 14.1 Å². The lowest BCUT2D eigenvalue weighted by Gasteiger charge is -2.36. The first-order valence-electron chi connectivity index (χ1n) is 11.1. The summed E-state index contributed by atoms with van der Waals surface area (Å²) in [5, 5.41) is 3.53. The van der Waals surface area contributed by atoms with Crippen LogP contribution in [-0.2, 0) is 12.8 Å². The molecule has 166 valence electrons. The van der Waals surface area contributed by atoms with Crippen LogP contribution < -0.4 is 20.9 Å². The molecule has 0 unspecified atom stereocenters. The number of nitrogens with one attached hydrogen (secondary N) is 1. The molecule has 0 aliphatic heterocycles. The molecule has 3 N–H and O–H groups in total. The maximum absolute atomic E-state index is 13.3. The van der Waals surface area contributed by atoms with Crippen LogP contribution in [0.2, 0.25) is 0 Å². The molecule has 0 radical (unpaired) electrons. The highest BCUT2D eigenvalue weighted by molar-refractivity contribution is 5.91. The number of aryl methyl sites for hydroxylation is 1. The number of aromatic nitrogens is 2. The second kappa shape index (κ2) is 9.08. The Labute approximate surface area is 182 Å². The van der Waals surface area contributed by atoms with Gasteiger partial charge in [-0.1, -0.05) is 0 Å². The fourth-order valence-electron chi connectivity index (χ4n) is 4.79. The highest BCUT2D eigenvalue weighted by Gasteiger charge is 2.30. The molecule has 4 rings (SSSR count). The Kier molecular flexibility index (Phi) is 6.25. The van der Waals surface area contributed by atoms with Gasteiger partial charge in [-0.25, -0.2) is 14.2 Å². The molecule has 7 nitrogen and oxygen atoms in total. The normalized spacial score (nSPS) is 20.6. The van der Waals surface area contributed by atoms with E-state index in [1.54, 1.807) is 17.0 Å². The minimum Gasteiger partial charge on any atom is -0.362 e. The average molecular weight is 427 g/mol. The first kappa shape index (κ1) is 21.3. The molecular formula is C23H31FN6O. The molecule has 0 spiro atoms. The number of nitrogens with zero attached hydrogens (tertiary/aromatic N) is 4. The molecule has 2 amide bonds. The van der Waals surface area contributed by atoms with Crippen LogP contribution in [0.3, 0.4) is 0 Å². The van der Waals surface area contributed by atoms with Crippen molar-refractivity contribution < 1.29 is 9.18 Å². The SMILES string of the molecule is CN(C)c1nc(N[C@H]2CC[C@@H](N(C(N)=O)c3ccc(F)cc3)CC2)nc2c1CCCC2. The van der Waals surface area contributed by atoms with Gasteiger partial charge in [0.05, 0.1) is 5.69 Å². The van der Waals surface area contributed by atoms with Crippen molar-refractivity contribution >= 4 is 23.5 Å². The third kappa shape index (κ3) is 4.73. The molecular weight excluding hydrogens is 395 g/mol. The molecule has 1 saturated carbocycles. The summed E-state index contributed by atoms with van der Waals surface area (Å²) in [7, 11) is 4.06. The highest BCUT2D eigenvalue weighted by Crippen LogP contribution is 2.31. The second-order valence-electron chi connectivity index (χ2n) is 8.73. The predicted octanol–water partition coefficient (Wildman–Crippen LogP) is 3.87. The Morgan fingerprint density at radius 3 is 2.39 bits per heavy atom. The molecule has 1 aromatic carbocycles. The Hall–Kier alpha value is -2.90. The van der Waals surface area contributed by atoms with Crippen LogP contribution in [0.5, 0.6) is 0 Å². The van der Waals surface area contributed by atoms with Gasteiger partial charge in [-0.3, -0.25) is 4.90 Å². The van der Waals surface area contributed by atoms with Crippen molar-refractivity contribution in [2.45, 2.75) is 63.5 Å². The van der Waals surface area contributed by atoms with Crippen LogP contribution >= 0.6 is 0 Å². The zero-order valence-corrected chi connectivity index (χ0v) is 18.3. The molecule has 0 bridgehead atoms. The van der Waals surface area contributed by atoms with Crippen molar-refractivity contribution in [1.82, 2.24) is 9.97 Å². The summed E-state index contributed by atoms with van der Waals surface area (Å²) >= 11 is 0. The fourth-order valence-corrected chi connectivity index (χ4v) is 4.79. The molecule has 31 heavy (non-hydrogen) atoms. The van der Waals surface area contributed by atoms with E-state index in [0.717, 1.165) is 50.0 Å². The summed E-state index contributed by atoms with van der Waals surface area (Å²) in [5.74, 6) is 1.37. The van der Waals surface area contributed by atoms with Gasteiger partial charge in [-0.05, 0) is 75.6 Å². The number of fused-ring (bicyclic) bond motifs is 1. The van der Waals surface area contributed by atoms with Gasteiger partial charge in [-0.2, -0.15) is 4.98 Å². The molecule has 2 aliphatic carbocycles. The number of hydrogen-bond donors (Lipinski definition) is 2. The van der Waals surface area contributed by atoms with Crippen molar-refractivity contribution in [3.63, 3.8) is 0 Å². The molecule has 8 heteroatoms. The Morgan fingerprint density at radius 1 is 1.06 bits per heavy atom. The first-order chi connectivity index (χ1) is 14.9. The van der Waals surface area contributed by atoms with Crippen LogP contribution in [0.1, 0.15) is 49.8 Å².